The van der Waals surface area contributed by atoms with Gasteiger partial charge in [0.15, 0.2) is 0 Å². The number of aryl methyl sites for hydroxylation is 1. The van der Waals surface area contributed by atoms with Crippen molar-refractivity contribution in [3.8, 4) is 5.69 Å². The van der Waals surface area contributed by atoms with Gasteiger partial charge in [-0.15, -0.1) is 0 Å². The number of ether oxygens (including phenoxy) is 1. The molecule has 0 bridgehead atoms. The summed E-state index contributed by atoms with van der Waals surface area (Å²) < 4.78 is 12.8. The Hall–Kier alpha value is -3.67. The number of carbonyl (C=O) groups excluding carboxylic acids is 1. The fourth-order valence-electron chi connectivity index (χ4n) is 4.22. The molecular formula is C28H30N2O4. The first-order valence-electron chi connectivity index (χ1n) is 11.9. The van der Waals surface area contributed by atoms with Gasteiger partial charge in [-0.05, 0) is 43.5 Å². The highest BCUT2D eigenvalue weighted by molar-refractivity contribution is 6.04. The number of fused-ring (bicyclic) bond motifs is 3. The van der Waals surface area contributed by atoms with Gasteiger partial charge in [0, 0.05) is 17.0 Å². The summed E-state index contributed by atoms with van der Waals surface area (Å²) in [5.74, 6) is 0.0281. The second kappa shape index (κ2) is 10.5. The fraction of sp³-hybridized carbons (Fsp3) is 0.321. The minimum Gasteiger partial charge on any atom is -0.462 e. The van der Waals surface area contributed by atoms with Crippen molar-refractivity contribution in [2.45, 2.75) is 46.5 Å². The molecule has 0 N–H and O–H groups in total. The molecule has 6 heteroatoms. The zero-order valence-electron chi connectivity index (χ0n) is 19.9. The standard InChI is InChI=1S/C28H30N2O4/c1-4-6-11-20(5-2)18-33-25(31)17-16-21-12-7-9-14-23(21)30-27-22-13-8-10-15-24(22)34-28(32)26(27)19(3)29-30/h7-10,12-17,20H,4-6,11,18H2,1-3H3/b17-16+. The van der Waals surface area contributed by atoms with Crippen LogP contribution in [0.2, 0.25) is 0 Å². The number of rotatable bonds is 9. The third-order valence-corrected chi connectivity index (χ3v) is 6.18. The van der Waals surface area contributed by atoms with Crippen LogP contribution < -0.4 is 5.63 Å². The molecule has 0 saturated heterocycles. The maximum Gasteiger partial charge on any atom is 0.347 e. The van der Waals surface area contributed by atoms with Gasteiger partial charge >= 0.3 is 11.6 Å². The molecule has 0 spiro atoms. The lowest BCUT2D eigenvalue weighted by Gasteiger charge is -2.13. The van der Waals surface area contributed by atoms with Crippen LogP contribution in [0.5, 0.6) is 0 Å². The van der Waals surface area contributed by atoms with Crippen molar-refractivity contribution in [2.24, 2.45) is 5.92 Å². The van der Waals surface area contributed by atoms with E-state index in [9.17, 15) is 9.59 Å². The molecule has 0 fully saturated rings. The van der Waals surface area contributed by atoms with E-state index in [1.165, 1.54) is 6.08 Å². The smallest absolute Gasteiger partial charge is 0.347 e. The van der Waals surface area contributed by atoms with E-state index in [-0.39, 0.29) is 5.97 Å². The van der Waals surface area contributed by atoms with Gasteiger partial charge in [0.25, 0.3) is 0 Å². The lowest BCUT2D eigenvalue weighted by molar-refractivity contribution is -0.139. The lowest BCUT2D eigenvalue weighted by atomic mass is 10.0. The van der Waals surface area contributed by atoms with Gasteiger partial charge in [-0.25, -0.2) is 14.3 Å². The predicted octanol–water partition coefficient (Wildman–Crippen LogP) is 6.21. The molecule has 0 saturated carbocycles. The lowest BCUT2D eigenvalue weighted by Crippen LogP contribution is -2.12. The number of nitrogens with zero attached hydrogens (tertiary/aromatic N) is 2. The summed E-state index contributed by atoms with van der Waals surface area (Å²) in [5.41, 5.74) is 2.92. The Kier molecular flexibility index (Phi) is 7.26. The maximum atomic E-state index is 12.7. The highest BCUT2D eigenvalue weighted by atomic mass is 16.5. The van der Waals surface area contributed by atoms with Crippen LogP contribution in [0.25, 0.3) is 33.6 Å². The van der Waals surface area contributed by atoms with Crippen LogP contribution in [0.15, 0.2) is 63.8 Å². The van der Waals surface area contributed by atoms with E-state index in [1.54, 1.807) is 23.7 Å². The molecule has 6 nitrogen and oxygen atoms in total. The van der Waals surface area contributed by atoms with Crippen LogP contribution in [-0.4, -0.2) is 22.4 Å². The number of hydrogen-bond donors (Lipinski definition) is 0. The van der Waals surface area contributed by atoms with Crippen LogP contribution >= 0.6 is 0 Å². The third kappa shape index (κ3) is 4.81. The van der Waals surface area contributed by atoms with Gasteiger partial charge in [-0.1, -0.05) is 63.4 Å². The molecule has 34 heavy (non-hydrogen) atoms. The van der Waals surface area contributed by atoms with Gasteiger partial charge in [-0.2, -0.15) is 5.10 Å². The highest BCUT2D eigenvalue weighted by Crippen LogP contribution is 2.28. The van der Waals surface area contributed by atoms with E-state index < -0.39 is 5.63 Å². The SMILES string of the molecule is CCCCC(CC)COC(=O)/C=C/c1ccccc1-n1nc(C)c2c(=O)oc3ccccc3c21. The topological polar surface area (TPSA) is 74.3 Å². The largest absolute Gasteiger partial charge is 0.462 e. The number of esters is 1. The molecule has 2 heterocycles. The van der Waals surface area contributed by atoms with Crippen LogP contribution in [-0.2, 0) is 9.53 Å². The van der Waals surface area contributed by atoms with Gasteiger partial charge in [0.2, 0.25) is 0 Å². The highest BCUT2D eigenvalue weighted by Gasteiger charge is 2.18. The molecule has 0 radical (unpaired) electrons. The molecule has 176 valence electrons. The molecule has 0 aliphatic heterocycles. The van der Waals surface area contributed by atoms with Crippen molar-refractivity contribution in [3.05, 3.63) is 76.3 Å². The average molecular weight is 459 g/mol. The average Bonchev–Trinajstić information content (AvgIpc) is 3.21. The van der Waals surface area contributed by atoms with Crippen LogP contribution in [0.4, 0.5) is 0 Å². The van der Waals surface area contributed by atoms with Crippen molar-refractivity contribution in [1.29, 1.82) is 0 Å². The first kappa shape index (κ1) is 23.5. The van der Waals surface area contributed by atoms with E-state index in [0.717, 1.165) is 42.3 Å². The fourth-order valence-corrected chi connectivity index (χ4v) is 4.22. The molecule has 4 rings (SSSR count). The second-order valence-electron chi connectivity index (χ2n) is 8.55. The Bertz CT molecular complexity index is 1400. The molecule has 2 aromatic carbocycles. The first-order chi connectivity index (χ1) is 16.5. The van der Waals surface area contributed by atoms with Crippen molar-refractivity contribution in [2.75, 3.05) is 6.61 Å². The number of aromatic nitrogens is 2. The van der Waals surface area contributed by atoms with Gasteiger partial charge in [-0.3, -0.25) is 0 Å². The summed E-state index contributed by atoms with van der Waals surface area (Å²) in [6.07, 6.45) is 7.54. The minimum absolute atomic E-state index is 0.364. The van der Waals surface area contributed by atoms with E-state index in [0.29, 0.717) is 34.7 Å². The zero-order valence-corrected chi connectivity index (χ0v) is 19.9. The van der Waals surface area contributed by atoms with Crippen LogP contribution in [0.1, 0.15) is 50.8 Å². The van der Waals surface area contributed by atoms with Gasteiger partial charge in [0.05, 0.1) is 23.5 Å². The molecule has 1 unspecified atom stereocenters. The van der Waals surface area contributed by atoms with Crippen molar-refractivity contribution in [3.63, 3.8) is 0 Å². The van der Waals surface area contributed by atoms with E-state index >= 15 is 0 Å². The second-order valence-corrected chi connectivity index (χ2v) is 8.55. The molecule has 1 atom stereocenters. The Labute approximate surface area is 198 Å². The Balaban J connectivity index is 1.67. The summed E-state index contributed by atoms with van der Waals surface area (Å²) in [7, 11) is 0. The molecule has 4 aromatic rings. The normalized spacial score (nSPS) is 12.6. The number of unbranched alkanes of at least 4 members (excludes halogenated alkanes) is 1. The molecule has 0 aliphatic rings. The third-order valence-electron chi connectivity index (χ3n) is 6.18. The van der Waals surface area contributed by atoms with E-state index in [1.807, 2.05) is 42.5 Å². The maximum absolute atomic E-state index is 12.7. The molecule has 0 amide bonds. The van der Waals surface area contributed by atoms with E-state index in [2.05, 4.69) is 18.9 Å². The quantitative estimate of drug-likeness (QED) is 0.169. The summed E-state index contributed by atoms with van der Waals surface area (Å²) in [4.78, 5) is 25.1. The predicted molar refractivity (Wildman–Crippen MR) is 135 cm³/mol. The first-order valence-corrected chi connectivity index (χ1v) is 11.9. The molecule has 0 aliphatic carbocycles. The number of carbonyl (C=O) groups is 1. The van der Waals surface area contributed by atoms with Crippen molar-refractivity contribution in [1.82, 2.24) is 9.78 Å². The van der Waals surface area contributed by atoms with Crippen molar-refractivity contribution < 1.29 is 13.9 Å². The number of hydrogen-bond acceptors (Lipinski definition) is 5. The molecule has 2 aromatic heterocycles. The zero-order chi connectivity index (χ0) is 24.1. The summed E-state index contributed by atoms with van der Waals surface area (Å²) in [6, 6.07) is 15.0. The van der Waals surface area contributed by atoms with Crippen LogP contribution in [0, 0.1) is 12.8 Å². The Morgan fingerprint density at radius 1 is 1.15 bits per heavy atom. The van der Waals surface area contributed by atoms with Crippen LogP contribution in [0.3, 0.4) is 0 Å². The Morgan fingerprint density at radius 3 is 2.71 bits per heavy atom. The van der Waals surface area contributed by atoms with Crippen molar-refractivity contribution >= 4 is 33.9 Å². The summed E-state index contributed by atoms with van der Waals surface area (Å²) >= 11 is 0. The Morgan fingerprint density at radius 2 is 1.91 bits per heavy atom. The summed E-state index contributed by atoms with van der Waals surface area (Å²) in [6.45, 7) is 6.52. The monoisotopic (exact) mass is 458 g/mol. The number of benzene rings is 2. The summed E-state index contributed by atoms with van der Waals surface area (Å²) in [5, 5.41) is 5.92. The molecular weight excluding hydrogens is 428 g/mol. The number of para-hydroxylation sites is 2. The van der Waals surface area contributed by atoms with Gasteiger partial charge in [0.1, 0.15) is 11.0 Å². The minimum atomic E-state index is -0.414. The van der Waals surface area contributed by atoms with Gasteiger partial charge < -0.3 is 9.15 Å². The van der Waals surface area contributed by atoms with E-state index in [4.69, 9.17) is 9.15 Å².